The van der Waals surface area contributed by atoms with Gasteiger partial charge >= 0.3 is 18.2 Å². The van der Waals surface area contributed by atoms with E-state index in [9.17, 15) is 30.7 Å². The molecule has 4 rings (SSSR count). The van der Waals surface area contributed by atoms with Crippen molar-refractivity contribution >= 4 is 0 Å². The Balaban J connectivity index is 1.61. The molecule has 0 saturated carbocycles. The molecule has 0 aliphatic rings. The summed E-state index contributed by atoms with van der Waals surface area (Å²) < 4.78 is 96.2. The molecule has 2 heterocycles. The Morgan fingerprint density at radius 1 is 0.812 bits per heavy atom. The summed E-state index contributed by atoms with van der Waals surface area (Å²) in [6, 6.07) is 11.3. The Labute approximate surface area is 175 Å². The molecular weight excluding hydrogens is 445 g/mol. The lowest BCUT2D eigenvalue weighted by atomic mass is 10.1. The molecule has 0 N–H and O–H groups in total. The summed E-state index contributed by atoms with van der Waals surface area (Å²) in [5, 5.41) is 7.25. The Kier molecular flexibility index (Phi) is 5.23. The first-order valence-corrected chi connectivity index (χ1v) is 8.92. The number of hydrogen-bond acceptors (Lipinski definition) is 4. The zero-order valence-electron chi connectivity index (χ0n) is 15.7. The highest BCUT2D eigenvalue weighted by atomic mass is 19.4. The number of hydrogen-bond donors (Lipinski definition) is 0. The van der Waals surface area contributed by atoms with Crippen LogP contribution in [0.1, 0.15) is 17.1 Å². The minimum Gasteiger partial charge on any atom is -0.329 e. The third kappa shape index (κ3) is 4.48. The monoisotopic (exact) mass is 456 g/mol. The standard InChI is InChI=1S/C20H11F7N4O/c21-14-7-5-12(6-8-14)15-9-16(19(22,23)24)31(29-15)10-11-1-3-13(4-2-11)17-28-18(32-30-17)20(25,26)27/h1-9H,10H2. The van der Waals surface area contributed by atoms with Crippen molar-refractivity contribution in [1.29, 1.82) is 0 Å². The van der Waals surface area contributed by atoms with Crippen molar-refractivity contribution in [3.8, 4) is 22.6 Å². The van der Waals surface area contributed by atoms with Crippen molar-refractivity contribution in [2.45, 2.75) is 18.9 Å². The van der Waals surface area contributed by atoms with Crippen LogP contribution in [0.15, 0.2) is 59.1 Å². The van der Waals surface area contributed by atoms with Crippen LogP contribution in [0.2, 0.25) is 0 Å². The molecule has 32 heavy (non-hydrogen) atoms. The molecule has 166 valence electrons. The third-order valence-electron chi connectivity index (χ3n) is 4.42. The summed E-state index contributed by atoms with van der Waals surface area (Å²) in [5.74, 6) is -2.35. The van der Waals surface area contributed by atoms with Crippen molar-refractivity contribution in [3.63, 3.8) is 0 Å². The van der Waals surface area contributed by atoms with Crippen molar-refractivity contribution in [1.82, 2.24) is 19.9 Å². The second kappa shape index (κ2) is 7.77. The summed E-state index contributed by atoms with van der Waals surface area (Å²) in [6.45, 7) is -0.267. The van der Waals surface area contributed by atoms with Crippen molar-refractivity contribution in [3.05, 3.63) is 77.6 Å². The fourth-order valence-electron chi connectivity index (χ4n) is 2.92. The molecule has 0 aliphatic heterocycles. The molecule has 0 spiro atoms. The molecule has 5 nitrogen and oxygen atoms in total. The average Bonchev–Trinajstić information content (AvgIpc) is 3.36. The van der Waals surface area contributed by atoms with E-state index >= 15 is 0 Å². The summed E-state index contributed by atoms with van der Waals surface area (Å²) in [7, 11) is 0. The first kappa shape index (κ1) is 21.5. The van der Waals surface area contributed by atoms with Gasteiger partial charge in [0.2, 0.25) is 5.82 Å². The number of rotatable bonds is 4. The van der Waals surface area contributed by atoms with E-state index in [0.717, 1.165) is 22.9 Å². The van der Waals surface area contributed by atoms with E-state index < -0.39 is 29.8 Å². The zero-order valence-corrected chi connectivity index (χ0v) is 15.7. The molecule has 2 aromatic heterocycles. The number of alkyl halides is 6. The Morgan fingerprint density at radius 3 is 2.00 bits per heavy atom. The lowest BCUT2D eigenvalue weighted by Crippen LogP contribution is -2.15. The minimum absolute atomic E-state index is 0.0143. The van der Waals surface area contributed by atoms with Gasteiger partial charge in [-0.15, -0.1) is 0 Å². The SMILES string of the molecule is Fc1ccc(-c2cc(C(F)(F)F)n(Cc3ccc(-c4noc(C(F)(F)F)n4)cc3)n2)cc1. The predicted molar refractivity (Wildman–Crippen MR) is 96.5 cm³/mol. The summed E-state index contributed by atoms with van der Waals surface area (Å²) >= 11 is 0. The average molecular weight is 456 g/mol. The van der Waals surface area contributed by atoms with Crippen LogP contribution in [0, 0.1) is 5.82 Å². The lowest BCUT2D eigenvalue weighted by molar-refractivity contribution is -0.159. The summed E-state index contributed by atoms with van der Waals surface area (Å²) in [4.78, 5) is 3.26. The number of halogens is 7. The fraction of sp³-hybridized carbons (Fsp3) is 0.150. The van der Waals surface area contributed by atoms with E-state index in [1.807, 2.05) is 0 Å². The Morgan fingerprint density at radius 2 is 1.44 bits per heavy atom. The van der Waals surface area contributed by atoms with Crippen LogP contribution >= 0.6 is 0 Å². The summed E-state index contributed by atoms with van der Waals surface area (Å²) in [5.41, 5.74) is -0.0954. The van der Waals surface area contributed by atoms with Crippen LogP contribution < -0.4 is 0 Å². The van der Waals surface area contributed by atoms with Crippen LogP contribution in [0.25, 0.3) is 22.6 Å². The fourth-order valence-corrected chi connectivity index (χ4v) is 2.92. The van der Waals surface area contributed by atoms with E-state index in [4.69, 9.17) is 0 Å². The highest BCUT2D eigenvalue weighted by Gasteiger charge is 2.38. The maximum Gasteiger partial charge on any atom is 0.471 e. The highest BCUT2D eigenvalue weighted by Crippen LogP contribution is 2.33. The van der Waals surface area contributed by atoms with Crippen LogP contribution in [-0.2, 0) is 18.9 Å². The van der Waals surface area contributed by atoms with Crippen molar-refractivity contribution in [2.24, 2.45) is 0 Å². The first-order chi connectivity index (χ1) is 15.0. The van der Waals surface area contributed by atoms with E-state index in [0.29, 0.717) is 11.1 Å². The molecule has 0 fully saturated rings. The van der Waals surface area contributed by atoms with Gasteiger partial charge in [0.05, 0.1) is 12.2 Å². The molecule has 0 radical (unpaired) electrons. The molecule has 0 saturated heterocycles. The molecule has 0 unspecified atom stereocenters. The van der Waals surface area contributed by atoms with Crippen LogP contribution in [-0.4, -0.2) is 19.9 Å². The van der Waals surface area contributed by atoms with Gasteiger partial charge in [0.25, 0.3) is 0 Å². The molecule has 0 atom stereocenters. The molecule has 2 aromatic carbocycles. The molecular formula is C20H11F7N4O. The maximum absolute atomic E-state index is 13.5. The van der Waals surface area contributed by atoms with E-state index in [1.54, 1.807) is 0 Å². The first-order valence-electron chi connectivity index (χ1n) is 8.92. The van der Waals surface area contributed by atoms with Gasteiger partial charge < -0.3 is 4.52 Å². The topological polar surface area (TPSA) is 56.7 Å². The van der Waals surface area contributed by atoms with Gasteiger partial charge in [0.1, 0.15) is 11.5 Å². The molecule has 12 heteroatoms. The van der Waals surface area contributed by atoms with Gasteiger partial charge in [-0.3, -0.25) is 4.68 Å². The molecule has 0 bridgehead atoms. The van der Waals surface area contributed by atoms with Crippen LogP contribution in [0.3, 0.4) is 0 Å². The van der Waals surface area contributed by atoms with Crippen LogP contribution in [0.5, 0.6) is 0 Å². The maximum atomic E-state index is 13.5. The van der Waals surface area contributed by atoms with Crippen molar-refractivity contribution in [2.75, 3.05) is 0 Å². The molecule has 0 amide bonds. The lowest BCUT2D eigenvalue weighted by Gasteiger charge is -2.10. The van der Waals surface area contributed by atoms with E-state index in [2.05, 4.69) is 19.8 Å². The smallest absolute Gasteiger partial charge is 0.329 e. The van der Waals surface area contributed by atoms with Crippen LogP contribution in [0.4, 0.5) is 30.7 Å². The minimum atomic E-state index is -4.79. The second-order valence-electron chi connectivity index (χ2n) is 6.69. The highest BCUT2D eigenvalue weighted by molar-refractivity contribution is 5.59. The number of aromatic nitrogens is 4. The Hall–Kier alpha value is -3.70. The molecule has 4 aromatic rings. The largest absolute Gasteiger partial charge is 0.471 e. The number of benzene rings is 2. The predicted octanol–water partition coefficient (Wildman–Crippen LogP) is 5.83. The van der Waals surface area contributed by atoms with Gasteiger partial charge in [-0.1, -0.05) is 29.4 Å². The van der Waals surface area contributed by atoms with Gasteiger partial charge in [-0.25, -0.2) is 4.39 Å². The normalized spacial score (nSPS) is 12.3. The van der Waals surface area contributed by atoms with Gasteiger partial charge in [-0.2, -0.15) is 36.4 Å². The third-order valence-corrected chi connectivity index (χ3v) is 4.42. The van der Waals surface area contributed by atoms with Gasteiger partial charge in [0.15, 0.2) is 0 Å². The quantitative estimate of drug-likeness (QED) is 0.363. The zero-order chi connectivity index (χ0) is 23.1. The molecule has 0 aliphatic carbocycles. The van der Waals surface area contributed by atoms with Gasteiger partial charge in [0, 0.05) is 11.1 Å². The Bertz CT molecular complexity index is 1220. The van der Waals surface area contributed by atoms with E-state index in [-0.39, 0.29) is 23.6 Å². The van der Waals surface area contributed by atoms with Gasteiger partial charge in [-0.05, 0) is 35.9 Å². The second-order valence-corrected chi connectivity index (χ2v) is 6.69. The van der Waals surface area contributed by atoms with E-state index in [1.165, 1.54) is 36.4 Å². The number of nitrogens with zero attached hydrogens (tertiary/aromatic N) is 4. The summed E-state index contributed by atoms with van der Waals surface area (Å²) in [6.07, 6.45) is -9.48. The van der Waals surface area contributed by atoms with Crippen molar-refractivity contribution < 1.29 is 35.3 Å².